The van der Waals surface area contributed by atoms with Crippen molar-refractivity contribution in [1.82, 2.24) is 15.2 Å². The molecule has 12 heteroatoms. The number of nitro benzene ring substituents is 1. The highest BCUT2D eigenvalue weighted by Crippen LogP contribution is 2.36. The Labute approximate surface area is 225 Å². The average Bonchev–Trinajstić information content (AvgIpc) is 3.32. The van der Waals surface area contributed by atoms with E-state index in [0.29, 0.717) is 32.7 Å². The third-order valence-electron chi connectivity index (χ3n) is 5.02. The van der Waals surface area contributed by atoms with Gasteiger partial charge in [0.05, 0.1) is 14.8 Å². The van der Waals surface area contributed by atoms with Gasteiger partial charge in [0.1, 0.15) is 11.6 Å². The average molecular weight is 551 g/mol. The predicted octanol–water partition coefficient (Wildman–Crippen LogP) is 6.69. The molecule has 1 amide bonds. The van der Waals surface area contributed by atoms with Gasteiger partial charge in [-0.05, 0) is 66.7 Å². The zero-order valence-electron chi connectivity index (χ0n) is 19.0. The van der Waals surface area contributed by atoms with Gasteiger partial charge in [-0.1, -0.05) is 47.0 Å². The minimum absolute atomic E-state index is 0.200. The van der Waals surface area contributed by atoms with Gasteiger partial charge < -0.3 is 5.32 Å². The molecule has 9 nitrogen and oxygen atoms in total. The van der Waals surface area contributed by atoms with Crippen molar-refractivity contribution in [3.8, 4) is 17.5 Å². The summed E-state index contributed by atoms with van der Waals surface area (Å²) in [6, 6.07) is 18.2. The topological polar surface area (TPSA) is 138 Å². The van der Waals surface area contributed by atoms with Crippen LogP contribution in [0, 0.1) is 28.4 Å². The number of hydrogen-bond donors (Lipinski definition) is 2. The van der Waals surface area contributed by atoms with Crippen molar-refractivity contribution in [1.29, 1.82) is 5.26 Å². The van der Waals surface area contributed by atoms with E-state index in [9.17, 15) is 20.2 Å². The highest BCUT2D eigenvalue weighted by molar-refractivity contribution is 7.99. The zero-order chi connectivity index (χ0) is 26.5. The number of nitro groups is 1. The van der Waals surface area contributed by atoms with Crippen molar-refractivity contribution in [3.05, 3.63) is 97.5 Å². The Hall–Kier alpha value is -4.17. The molecule has 37 heavy (non-hydrogen) atoms. The molecule has 1 aromatic heterocycles. The molecule has 0 aliphatic carbocycles. The first-order valence-corrected chi connectivity index (χ1v) is 12.1. The number of nitriles is 1. The second-order valence-corrected chi connectivity index (χ2v) is 9.52. The SMILES string of the molecule is Cc1ccc(NC(=O)/C(C#N)=C/c2ccc(Sc3n[nH]c(-c4ccc(Cl)cc4Cl)n3)c([N+](=O)[O-])c2)cc1. The maximum absolute atomic E-state index is 12.5. The van der Waals surface area contributed by atoms with Crippen LogP contribution in [0.25, 0.3) is 17.5 Å². The fourth-order valence-electron chi connectivity index (χ4n) is 3.20. The number of carbonyl (C=O) groups excluding carboxylic acids is 1. The fourth-order valence-corrected chi connectivity index (χ4v) is 4.49. The molecule has 0 aliphatic heterocycles. The lowest BCUT2D eigenvalue weighted by Gasteiger charge is -2.05. The first-order valence-electron chi connectivity index (χ1n) is 10.6. The standard InChI is InChI=1S/C25H16Cl2N6O3S/c1-14-2-6-18(7-3-14)29-24(34)16(13-28)10-15-4-9-22(21(11-15)33(35)36)37-25-30-23(31-32-25)19-8-5-17(26)12-20(19)27/h2-12H,1H3,(H,29,34)(H,30,31,32)/b16-10+. The molecule has 0 atom stereocenters. The van der Waals surface area contributed by atoms with Crippen LogP contribution >= 0.6 is 35.0 Å². The van der Waals surface area contributed by atoms with E-state index in [1.807, 2.05) is 25.1 Å². The Kier molecular flexibility index (Phi) is 7.89. The number of rotatable bonds is 7. The molecule has 0 bridgehead atoms. The number of benzene rings is 3. The molecule has 3 aromatic carbocycles. The molecule has 0 saturated heterocycles. The van der Waals surface area contributed by atoms with Crippen LogP contribution < -0.4 is 5.32 Å². The Morgan fingerprint density at radius 2 is 1.92 bits per heavy atom. The minimum Gasteiger partial charge on any atom is -0.321 e. The van der Waals surface area contributed by atoms with E-state index in [0.717, 1.165) is 17.3 Å². The van der Waals surface area contributed by atoms with E-state index >= 15 is 0 Å². The molecule has 4 rings (SSSR count). The first-order chi connectivity index (χ1) is 17.7. The van der Waals surface area contributed by atoms with E-state index in [-0.39, 0.29) is 21.3 Å². The number of hydrogen-bond acceptors (Lipinski definition) is 7. The minimum atomic E-state index is -0.624. The summed E-state index contributed by atoms with van der Waals surface area (Å²) in [5.74, 6) is -0.244. The number of carbonyl (C=O) groups is 1. The van der Waals surface area contributed by atoms with Crippen molar-refractivity contribution in [3.63, 3.8) is 0 Å². The molecule has 1 heterocycles. The molecular weight excluding hydrogens is 535 g/mol. The molecule has 2 N–H and O–H groups in total. The van der Waals surface area contributed by atoms with E-state index in [1.54, 1.807) is 36.4 Å². The van der Waals surface area contributed by atoms with Crippen molar-refractivity contribution in [2.24, 2.45) is 0 Å². The number of amides is 1. The van der Waals surface area contributed by atoms with Crippen LogP contribution in [0.1, 0.15) is 11.1 Å². The van der Waals surface area contributed by atoms with Crippen LogP contribution in [0.4, 0.5) is 11.4 Å². The maximum atomic E-state index is 12.5. The van der Waals surface area contributed by atoms with Crippen LogP contribution in [-0.2, 0) is 4.79 Å². The number of aryl methyl sites for hydroxylation is 1. The number of aromatic amines is 1. The van der Waals surface area contributed by atoms with Crippen LogP contribution in [0.15, 0.2) is 76.3 Å². The Morgan fingerprint density at radius 3 is 2.59 bits per heavy atom. The summed E-state index contributed by atoms with van der Waals surface area (Å²) in [6.07, 6.45) is 1.29. The molecule has 0 aliphatic rings. The van der Waals surface area contributed by atoms with Crippen molar-refractivity contribution in [2.75, 3.05) is 5.32 Å². The second-order valence-electron chi connectivity index (χ2n) is 7.67. The second kappa shape index (κ2) is 11.3. The fraction of sp³-hybridized carbons (Fsp3) is 0.0400. The molecule has 184 valence electrons. The van der Waals surface area contributed by atoms with E-state index in [4.69, 9.17) is 23.2 Å². The van der Waals surface area contributed by atoms with Gasteiger partial charge in [0.15, 0.2) is 5.82 Å². The summed E-state index contributed by atoms with van der Waals surface area (Å²) in [6.45, 7) is 1.91. The number of nitrogens with one attached hydrogen (secondary N) is 2. The van der Waals surface area contributed by atoms with Gasteiger partial charge in [-0.15, -0.1) is 5.10 Å². The lowest BCUT2D eigenvalue weighted by atomic mass is 10.1. The smallest absolute Gasteiger partial charge is 0.283 e. The lowest BCUT2D eigenvalue weighted by molar-refractivity contribution is -0.387. The summed E-state index contributed by atoms with van der Waals surface area (Å²) in [4.78, 5) is 28.4. The maximum Gasteiger partial charge on any atom is 0.283 e. The normalized spacial score (nSPS) is 11.1. The number of H-pyrrole nitrogens is 1. The largest absolute Gasteiger partial charge is 0.321 e. The van der Waals surface area contributed by atoms with Crippen LogP contribution in [0.5, 0.6) is 0 Å². The predicted molar refractivity (Wildman–Crippen MR) is 142 cm³/mol. The number of halogens is 2. The highest BCUT2D eigenvalue weighted by atomic mass is 35.5. The molecule has 0 spiro atoms. The summed E-state index contributed by atoms with van der Waals surface area (Å²) < 4.78 is 0. The van der Waals surface area contributed by atoms with Crippen molar-refractivity contribution < 1.29 is 9.72 Å². The number of nitrogens with zero attached hydrogens (tertiary/aromatic N) is 4. The summed E-state index contributed by atoms with van der Waals surface area (Å²) in [5.41, 5.74) is 2.01. The van der Waals surface area contributed by atoms with Crippen LogP contribution in [-0.4, -0.2) is 26.0 Å². The Balaban J connectivity index is 1.56. The van der Waals surface area contributed by atoms with Crippen molar-refractivity contribution in [2.45, 2.75) is 17.0 Å². The van der Waals surface area contributed by atoms with Gasteiger partial charge in [-0.3, -0.25) is 20.0 Å². The monoisotopic (exact) mass is 550 g/mol. The third kappa shape index (κ3) is 6.34. The van der Waals surface area contributed by atoms with Gasteiger partial charge in [-0.25, -0.2) is 4.98 Å². The summed E-state index contributed by atoms with van der Waals surface area (Å²) in [7, 11) is 0. The highest BCUT2D eigenvalue weighted by Gasteiger charge is 2.19. The quantitative estimate of drug-likeness (QED) is 0.113. The molecule has 0 radical (unpaired) electrons. The molecule has 0 unspecified atom stereocenters. The molecule has 0 fully saturated rings. The summed E-state index contributed by atoms with van der Waals surface area (Å²) in [5, 5.41) is 31.9. The van der Waals surface area contributed by atoms with Gasteiger partial charge in [0.25, 0.3) is 11.6 Å². The lowest BCUT2D eigenvalue weighted by Crippen LogP contribution is -2.13. The van der Waals surface area contributed by atoms with E-state index in [2.05, 4.69) is 20.5 Å². The third-order valence-corrected chi connectivity index (χ3v) is 6.50. The van der Waals surface area contributed by atoms with Crippen LogP contribution in [0.2, 0.25) is 10.0 Å². The molecule has 0 saturated carbocycles. The number of aromatic nitrogens is 3. The van der Waals surface area contributed by atoms with E-state index in [1.165, 1.54) is 18.2 Å². The molecular formula is C25H16Cl2N6O3S. The van der Waals surface area contributed by atoms with Crippen molar-refractivity contribution >= 4 is 58.3 Å². The zero-order valence-corrected chi connectivity index (χ0v) is 21.4. The van der Waals surface area contributed by atoms with Gasteiger partial charge >= 0.3 is 0 Å². The summed E-state index contributed by atoms with van der Waals surface area (Å²) >= 11 is 13.1. The Bertz CT molecular complexity index is 1580. The van der Waals surface area contributed by atoms with E-state index < -0.39 is 10.8 Å². The van der Waals surface area contributed by atoms with Gasteiger partial charge in [0, 0.05) is 22.3 Å². The number of anilines is 1. The Morgan fingerprint density at radius 1 is 1.16 bits per heavy atom. The van der Waals surface area contributed by atoms with Crippen LogP contribution in [0.3, 0.4) is 0 Å². The first kappa shape index (κ1) is 25.9. The van der Waals surface area contributed by atoms with Gasteiger partial charge in [-0.2, -0.15) is 5.26 Å². The van der Waals surface area contributed by atoms with Gasteiger partial charge in [0.2, 0.25) is 5.16 Å². The molecule has 4 aromatic rings.